The maximum Gasteiger partial charge on any atom is 0.303 e. The minimum absolute atomic E-state index is 0.347. The largest absolute Gasteiger partial charge is 0.458 e. The zero-order valence-corrected chi connectivity index (χ0v) is 12.5. The Morgan fingerprint density at radius 2 is 1.42 bits per heavy atom. The molecule has 0 N–H and O–H groups in total. The zero-order valence-electron chi connectivity index (χ0n) is 10.8. The fraction of sp³-hybridized carbons (Fsp3) is 0.727. The topological polar surface area (TPSA) is 78.9 Å². The van der Waals surface area contributed by atoms with E-state index in [0.717, 1.165) is 0 Å². The molecular formula is C11H16O6S2. The van der Waals surface area contributed by atoms with E-state index < -0.39 is 36.2 Å². The first-order valence-electron chi connectivity index (χ1n) is 5.62. The number of thioether (sulfide) groups is 1. The van der Waals surface area contributed by atoms with Crippen LogP contribution in [0.3, 0.4) is 0 Å². The lowest BCUT2D eigenvalue weighted by Gasteiger charge is -2.38. The molecular weight excluding hydrogens is 292 g/mol. The van der Waals surface area contributed by atoms with Crippen LogP contribution in [-0.2, 0) is 28.6 Å². The molecule has 19 heavy (non-hydrogen) atoms. The molecule has 1 fully saturated rings. The molecule has 0 bridgehead atoms. The van der Waals surface area contributed by atoms with E-state index in [1.807, 2.05) is 0 Å². The smallest absolute Gasteiger partial charge is 0.303 e. The standard InChI is InChI=1S/C11H16O6S2/c1-5(12)15-8-4-19-11(18)10(17-7(3)14)9(8)16-6(2)13/h8-11,18H,4H2,1-3H3/t8-,9+,10-,11+/m1/s1. The lowest BCUT2D eigenvalue weighted by Crippen LogP contribution is -2.52. The van der Waals surface area contributed by atoms with E-state index in [0.29, 0.717) is 5.75 Å². The Labute approximate surface area is 120 Å². The summed E-state index contributed by atoms with van der Waals surface area (Å²) in [4.78, 5) is 33.3. The lowest BCUT2D eigenvalue weighted by molar-refractivity contribution is -0.180. The molecule has 1 aliphatic rings. The first kappa shape index (κ1) is 16.2. The van der Waals surface area contributed by atoms with Gasteiger partial charge in [-0.1, -0.05) is 0 Å². The molecule has 4 atom stereocenters. The number of hydrogen-bond donors (Lipinski definition) is 1. The molecule has 1 rings (SSSR count). The lowest BCUT2D eigenvalue weighted by atomic mass is 10.1. The van der Waals surface area contributed by atoms with E-state index >= 15 is 0 Å². The van der Waals surface area contributed by atoms with Gasteiger partial charge in [-0.15, -0.1) is 11.8 Å². The maximum atomic E-state index is 11.1. The van der Waals surface area contributed by atoms with Crippen molar-refractivity contribution in [1.82, 2.24) is 0 Å². The highest BCUT2D eigenvalue weighted by atomic mass is 32.2. The van der Waals surface area contributed by atoms with Gasteiger partial charge in [0.15, 0.2) is 18.3 Å². The molecule has 0 saturated carbocycles. The Kier molecular flexibility index (Phi) is 5.99. The van der Waals surface area contributed by atoms with Crippen molar-refractivity contribution < 1.29 is 28.6 Å². The minimum atomic E-state index is -0.839. The van der Waals surface area contributed by atoms with Crippen LogP contribution in [0.5, 0.6) is 0 Å². The summed E-state index contributed by atoms with van der Waals surface area (Å²) < 4.78 is 15.0. The third-order valence-corrected chi connectivity index (χ3v) is 4.20. The van der Waals surface area contributed by atoms with E-state index in [1.165, 1.54) is 32.5 Å². The minimum Gasteiger partial charge on any atom is -0.458 e. The van der Waals surface area contributed by atoms with Gasteiger partial charge in [0.05, 0.1) is 4.58 Å². The van der Waals surface area contributed by atoms with Gasteiger partial charge in [0.25, 0.3) is 0 Å². The quantitative estimate of drug-likeness (QED) is 0.469. The third-order valence-electron chi connectivity index (χ3n) is 2.32. The summed E-state index contributed by atoms with van der Waals surface area (Å²) in [5.41, 5.74) is 0. The molecule has 1 saturated heterocycles. The molecule has 0 amide bonds. The molecule has 0 aromatic rings. The Morgan fingerprint density at radius 1 is 0.947 bits per heavy atom. The van der Waals surface area contributed by atoms with Crippen molar-refractivity contribution in [2.45, 2.75) is 43.7 Å². The van der Waals surface area contributed by atoms with Gasteiger partial charge >= 0.3 is 17.9 Å². The summed E-state index contributed by atoms with van der Waals surface area (Å²) in [6.45, 7) is 3.76. The molecule has 8 heteroatoms. The molecule has 0 aliphatic carbocycles. The third kappa shape index (κ3) is 4.94. The van der Waals surface area contributed by atoms with Crippen LogP contribution in [0, 0.1) is 0 Å². The molecule has 0 spiro atoms. The Bertz CT molecular complexity index is 372. The second kappa shape index (κ2) is 7.04. The van der Waals surface area contributed by atoms with Gasteiger partial charge in [0, 0.05) is 26.5 Å². The summed E-state index contributed by atoms with van der Waals surface area (Å²) in [5, 5.41) is 0. The van der Waals surface area contributed by atoms with Gasteiger partial charge in [-0.3, -0.25) is 14.4 Å². The number of carbonyl (C=O) groups is 3. The van der Waals surface area contributed by atoms with E-state index in [-0.39, 0.29) is 4.58 Å². The Hall–Kier alpha value is -0.890. The number of carbonyl (C=O) groups excluding carboxylic acids is 3. The second-order valence-electron chi connectivity index (χ2n) is 4.02. The average Bonchev–Trinajstić information content (AvgIpc) is 2.25. The maximum absolute atomic E-state index is 11.1. The SMILES string of the molecule is CC(=O)O[C@@H]1[C@@H](OC(C)=O)[C@@H](S)SC[C@H]1OC(C)=O. The summed E-state index contributed by atoms with van der Waals surface area (Å²) in [5.74, 6) is -1.11. The molecule has 0 aromatic carbocycles. The molecule has 0 radical (unpaired) electrons. The number of hydrogen-bond acceptors (Lipinski definition) is 8. The van der Waals surface area contributed by atoms with Crippen molar-refractivity contribution >= 4 is 42.3 Å². The van der Waals surface area contributed by atoms with Crippen LogP contribution in [0.4, 0.5) is 0 Å². The predicted molar refractivity (Wildman–Crippen MR) is 71.9 cm³/mol. The molecule has 0 unspecified atom stereocenters. The van der Waals surface area contributed by atoms with Gasteiger partial charge in [-0.05, 0) is 0 Å². The van der Waals surface area contributed by atoms with E-state index in [4.69, 9.17) is 14.2 Å². The summed E-state index contributed by atoms with van der Waals surface area (Å²) in [6, 6.07) is 0. The van der Waals surface area contributed by atoms with Crippen molar-refractivity contribution in [2.24, 2.45) is 0 Å². The molecule has 108 valence electrons. The van der Waals surface area contributed by atoms with E-state index in [2.05, 4.69) is 12.6 Å². The molecule has 6 nitrogen and oxygen atoms in total. The van der Waals surface area contributed by atoms with Gasteiger partial charge in [0.1, 0.15) is 0 Å². The number of rotatable bonds is 3. The highest BCUT2D eigenvalue weighted by Gasteiger charge is 2.44. The van der Waals surface area contributed by atoms with Gasteiger partial charge < -0.3 is 14.2 Å². The fourth-order valence-corrected chi connectivity index (χ4v) is 3.26. The van der Waals surface area contributed by atoms with Crippen LogP contribution in [0.1, 0.15) is 20.8 Å². The average molecular weight is 308 g/mol. The van der Waals surface area contributed by atoms with Crippen molar-refractivity contribution in [2.75, 3.05) is 5.75 Å². The van der Waals surface area contributed by atoms with Crippen molar-refractivity contribution in [3.63, 3.8) is 0 Å². The number of thiol groups is 1. The Balaban J connectivity index is 2.89. The van der Waals surface area contributed by atoms with Gasteiger partial charge in [-0.25, -0.2) is 0 Å². The van der Waals surface area contributed by atoms with E-state index in [1.54, 1.807) is 0 Å². The van der Waals surface area contributed by atoms with Crippen molar-refractivity contribution in [3.05, 3.63) is 0 Å². The summed E-state index contributed by atoms with van der Waals surface area (Å²) in [7, 11) is 0. The molecule has 0 aromatic heterocycles. The summed E-state index contributed by atoms with van der Waals surface area (Å²) in [6.07, 6.45) is -2.25. The van der Waals surface area contributed by atoms with Crippen molar-refractivity contribution in [1.29, 1.82) is 0 Å². The fourth-order valence-electron chi connectivity index (χ4n) is 1.72. The first-order valence-corrected chi connectivity index (χ1v) is 7.19. The Morgan fingerprint density at radius 3 is 1.89 bits per heavy atom. The molecule has 1 heterocycles. The first-order chi connectivity index (χ1) is 8.81. The van der Waals surface area contributed by atoms with Crippen LogP contribution < -0.4 is 0 Å². The van der Waals surface area contributed by atoms with Gasteiger partial charge in [0.2, 0.25) is 0 Å². The van der Waals surface area contributed by atoms with Crippen molar-refractivity contribution in [3.8, 4) is 0 Å². The normalized spacial score (nSPS) is 30.3. The van der Waals surface area contributed by atoms with Crippen LogP contribution in [-0.4, -0.2) is 46.6 Å². The molecule has 1 aliphatic heterocycles. The number of ether oxygens (including phenoxy) is 3. The highest BCUT2D eigenvalue weighted by Crippen LogP contribution is 2.34. The zero-order chi connectivity index (χ0) is 14.6. The van der Waals surface area contributed by atoms with Crippen LogP contribution >= 0.6 is 24.4 Å². The summed E-state index contributed by atoms with van der Waals surface area (Å²) >= 11 is 5.67. The second-order valence-corrected chi connectivity index (χ2v) is 6.10. The number of esters is 3. The predicted octanol–water partition coefficient (Wildman–Crippen LogP) is 0.784. The van der Waals surface area contributed by atoms with Crippen LogP contribution in [0.15, 0.2) is 0 Å². The van der Waals surface area contributed by atoms with Gasteiger partial charge in [-0.2, -0.15) is 12.6 Å². The monoisotopic (exact) mass is 308 g/mol. The van der Waals surface area contributed by atoms with Crippen LogP contribution in [0.2, 0.25) is 0 Å². The van der Waals surface area contributed by atoms with Crippen LogP contribution in [0.25, 0.3) is 0 Å². The highest BCUT2D eigenvalue weighted by molar-refractivity contribution is 8.10. The van der Waals surface area contributed by atoms with E-state index in [9.17, 15) is 14.4 Å².